The molecule has 2 aromatic carbocycles. The van der Waals surface area contributed by atoms with E-state index in [1.165, 1.54) is 0 Å². The average Bonchev–Trinajstić information content (AvgIpc) is 3.34. The molecule has 39 heavy (non-hydrogen) atoms. The Morgan fingerprint density at radius 3 is 2.15 bits per heavy atom. The number of fused-ring (bicyclic) bond motifs is 3. The molecular formula is C29H34N2O8. The summed E-state index contributed by atoms with van der Waals surface area (Å²) < 4.78 is 16.5. The Bertz CT molecular complexity index is 1240. The number of rotatable bonds is 7. The Kier molecular flexibility index (Phi) is 7.70. The molecule has 0 aromatic heterocycles. The van der Waals surface area contributed by atoms with Gasteiger partial charge in [0.25, 0.3) is 0 Å². The second-order valence-electron chi connectivity index (χ2n) is 11.1. The first-order valence-electron chi connectivity index (χ1n) is 12.8. The smallest absolute Gasteiger partial charge is 0.407 e. The zero-order chi connectivity index (χ0) is 28.5. The molecule has 4 rings (SSSR count). The van der Waals surface area contributed by atoms with Gasteiger partial charge in [-0.15, -0.1) is 0 Å². The van der Waals surface area contributed by atoms with Crippen LogP contribution >= 0.6 is 0 Å². The van der Waals surface area contributed by atoms with Gasteiger partial charge in [-0.2, -0.15) is 0 Å². The summed E-state index contributed by atoms with van der Waals surface area (Å²) in [7, 11) is 0. The molecule has 1 fully saturated rings. The van der Waals surface area contributed by atoms with Gasteiger partial charge in [-0.1, -0.05) is 48.5 Å². The first-order valence-corrected chi connectivity index (χ1v) is 12.8. The van der Waals surface area contributed by atoms with Gasteiger partial charge in [0.15, 0.2) is 6.04 Å². The third kappa shape index (κ3) is 6.06. The van der Waals surface area contributed by atoms with Crippen molar-refractivity contribution in [2.24, 2.45) is 0 Å². The number of nitrogens with zero attached hydrogens (tertiary/aromatic N) is 1. The van der Waals surface area contributed by atoms with Crippen molar-refractivity contribution in [3.8, 4) is 11.1 Å². The average molecular weight is 539 g/mol. The third-order valence-corrected chi connectivity index (χ3v) is 6.73. The number of esters is 1. The van der Waals surface area contributed by atoms with Crippen LogP contribution in [-0.4, -0.2) is 70.6 Å². The maximum atomic E-state index is 13.6. The summed E-state index contributed by atoms with van der Waals surface area (Å²) in [5.41, 5.74) is 2.08. The fourth-order valence-corrected chi connectivity index (χ4v) is 5.10. The fraction of sp³-hybridized carbons (Fsp3) is 0.448. The van der Waals surface area contributed by atoms with Gasteiger partial charge in [-0.05, 0) is 56.9 Å². The van der Waals surface area contributed by atoms with Gasteiger partial charge >= 0.3 is 18.0 Å². The molecule has 1 heterocycles. The highest BCUT2D eigenvalue weighted by atomic mass is 16.6. The topological polar surface area (TPSA) is 131 Å². The zero-order valence-electron chi connectivity index (χ0n) is 22.7. The number of carbonyl (C=O) groups excluding carboxylic acids is 3. The minimum absolute atomic E-state index is 0.00325. The van der Waals surface area contributed by atoms with Gasteiger partial charge in [0, 0.05) is 5.92 Å². The number of hydrogen-bond acceptors (Lipinski definition) is 7. The van der Waals surface area contributed by atoms with Crippen molar-refractivity contribution in [2.75, 3.05) is 13.2 Å². The molecule has 1 saturated heterocycles. The van der Waals surface area contributed by atoms with E-state index in [4.69, 9.17) is 14.2 Å². The molecular weight excluding hydrogens is 504 g/mol. The molecule has 2 amide bonds. The Morgan fingerprint density at radius 1 is 1.05 bits per heavy atom. The van der Waals surface area contributed by atoms with Crippen molar-refractivity contribution in [3.05, 3.63) is 59.7 Å². The highest BCUT2D eigenvalue weighted by Gasteiger charge is 2.49. The van der Waals surface area contributed by atoms with Crippen molar-refractivity contribution in [1.82, 2.24) is 10.2 Å². The SMILES string of the molecule is CC(C)(C)OC(=O)CC(NC(=O)OCC1c2ccccc2-c2ccccc21)C(=O)N1C(C(=O)O)COC1(C)C. The van der Waals surface area contributed by atoms with Crippen LogP contribution in [0.1, 0.15) is 58.1 Å². The van der Waals surface area contributed by atoms with E-state index < -0.39 is 53.8 Å². The summed E-state index contributed by atoms with van der Waals surface area (Å²) in [5.74, 6) is -2.98. The van der Waals surface area contributed by atoms with Crippen LogP contribution in [-0.2, 0) is 28.6 Å². The molecule has 1 aliphatic heterocycles. The van der Waals surface area contributed by atoms with Crippen molar-refractivity contribution >= 4 is 23.9 Å². The summed E-state index contributed by atoms with van der Waals surface area (Å²) >= 11 is 0. The Labute approximate surface area is 227 Å². The number of carboxylic acid groups (broad SMARTS) is 1. The highest BCUT2D eigenvalue weighted by Crippen LogP contribution is 2.44. The summed E-state index contributed by atoms with van der Waals surface area (Å²) in [6.07, 6.45) is -1.43. The van der Waals surface area contributed by atoms with E-state index in [9.17, 15) is 24.3 Å². The van der Waals surface area contributed by atoms with Gasteiger partial charge in [-0.3, -0.25) is 14.5 Å². The molecule has 1 aliphatic carbocycles. The van der Waals surface area contributed by atoms with Crippen LogP contribution in [0.5, 0.6) is 0 Å². The van der Waals surface area contributed by atoms with Crippen LogP contribution in [0.2, 0.25) is 0 Å². The van der Waals surface area contributed by atoms with Gasteiger partial charge in [0.05, 0.1) is 13.0 Å². The first-order chi connectivity index (χ1) is 18.3. The van der Waals surface area contributed by atoms with E-state index in [2.05, 4.69) is 5.32 Å². The monoisotopic (exact) mass is 538 g/mol. The van der Waals surface area contributed by atoms with E-state index in [0.29, 0.717) is 0 Å². The van der Waals surface area contributed by atoms with Crippen LogP contribution in [0.25, 0.3) is 11.1 Å². The maximum Gasteiger partial charge on any atom is 0.407 e. The fourth-order valence-electron chi connectivity index (χ4n) is 5.10. The van der Waals surface area contributed by atoms with Gasteiger partial charge in [0.2, 0.25) is 5.91 Å². The number of carbonyl (C=O) groups is 4. The molecule has 0 saturated carbocycles. The molecule has 2 atom stereocenters. The van der Waals surface area contributed by atoms with E-state index in [1.54, 1.807) is 34.6 Å². The lowest BCUT2D eigenvalue weighted by molar-refractivity contribution is -0.162. The Morgan fingerprint density at radius 2 is 1.62 bits per heavy atom. The predicted molar refractivity (Wildman–Crippen MR) is 141 cm³/mol. The molecule has 2 N–H and O–H groups in total. The Balaban J connectivity index is 1.52. The predicted octanol–water partition coefficient (Wildman–Crippen LogP) is 3.67. The number of aliphatic carboxylic acids is 1. The van der Waals surface area contributed by atoms with Crippen LogP contribution in [0.15, 0.2) is 48.5 Å². The number of carboxylic acids is 1. The van der Waals surface area contributed by atoms with Crippen LogP contribution < -0.4 is 5.32 Å². The normalized spacial score (nSPS) is 18.6. The lowest BCUT2D eigenvalue weighted by Crippen LogP contribution is -2.58. The van der Waals surface area contributed by atoms with Gasteiger partial charge in [0.1, 0.15) is 24.0 Å². The molecule has 10 nitrogen and oxygen atoms in total. The highest BCUT2D eigenvalue weighted by molar-refractivity contribution is 5.93. The van der Waals surface area contributed by atoms with Crippen LogP contribution in [0.3, 0.4) is 0 Å². The van der Waals surface area contributed by atoms with Crippen LogP contribution in [0, 0.1) is 0 Å². The second kappa shape index (κ2) is 10.7. The molecule has 0 bridgehead atoms. The van der Waals surface area contributed by atoms with Gasteiger partial charge < -0.3 is 24.6 Å². The quantitative estimate of drug-likeness (QED) is 0.511. The number of ether oxygens (including phenoxy) is 3. The number of hydrogen-bond donors (Lipinski definition) is 2. The van der Waals surface area contributed by atoms with E-state index in [1.807, 2.05) is 48.5 Å². The number of benzene rings is 2. The number of amides is 2. The van der Waals surface area contributed by atoms with Crippen LogP contribution in [0.4, 0.5) is 4.79 Å². The summed E-state index contributed by atoms with van der Waals surface area (Å²) in [6.45, 7) is 7.91. The molecule has 2 aliphatic rings. The second-order valence-corrected chi connectivity index (χ2v) is 11.1. The maximum absolute atomic E-state index is 13.6. The molecule has 2 aromatic rings. The molecule has 208 valence electrons. The van der Waals surface area contributed by atoms with Gasteiger partial charge in [-0.25, -0.2) is 9.59 Å². The molecule has 0 spiro atoms. The molecule has 10 heteroatoms. The molecule has 2 unspecified atom stereocenters. The summed E-state index contributed by atoms with van der Waals surface area (Å²) in [4.78, 5) is 52.1. The first kappa shape index (κ1) is 28.1. The lowest BCUT2D eigenvalue weighted by Gasteiger charge is -2.35. The molecule has 0 radical (unpaired) electrons. The Hall–Kier alpha value is -3.92. The minimum Gasteiger partial charge on any atom is -0.480 e. The standard InChI is InChI=1S/C29H34N2O8/c1-28(2,3)39-24(32)14-22(25(33)31-23(26(34)35)16-38-29(31,4)5)30-27(36)37-15-21-19-12-8-6-10-17(19)18-11-7-9-13-20(18)21/h6-13,21-23H,14-16H2,1-5H3,(H,30,36)(H,34,35). The lowest BCUT2D eigenvalue weighted by atomic mass is 9.98. The van der Waals surface area contributed by atoms with Crippen molar-refractivity contribution in [1.29, 1.82) is 0 Å². The number of alkyl carbamates (subject to hydrolysis) is 1. The van der Waals surface area contributed by atoms with E-state index >= 15 is 0 Å². The largest absolute Gasteiger partial charge is 0.480 e. The number of nitrogens with one attached hydrogen (secondary N) is 1. The zero-order valence-corrected chi connectivity index (χ0v) is 22.7. The van der Waals surface area contributed by atoms with E-state index in [0.717, 1.165) is 27.2 Å². The third-order valence-electron chi connectivity index (χ3n) is 6.73. The minimum atomic E-state index is -1.43. The van der Waals surface area contributed by atoms with Crippen molar-refractivity contribution in [3.63, 3.8) is 0 Å². The summed E-state index contributed by atoms with van der Waals surface area (Å²) in [5, 5.41) is 12.1. The van der Waals surface area contributed by atoms with Crippen molar-refractivity contribution < 1.29 is 38.5 Å². The van der Waals surface area contributed by atoms with Crippen molar-refractivity contribution in [2.45, 2.75) is 70.4 Å². The van der Waals surface area contributed by atoms with E-state index in [-0.39, 0.29) is 19.1 Å². The summed E-state index contributed by atoms with van der Waals surface area (Å²) in [6, 6.07) is 13.0.